The summed E-state index contributed by atoms with van der Waals surface area (Å²) in [5.74, 6) is 0.933. The van der Waals surface area contributed by atoms with Gasteiger partial charge in [-0.3, -0.25) is 4.98 Å². The lowest BCUT2D eigenvalue weighted by molar-refractivity contribution is 0.122. The van der Waals surface area contributed by atoms with Crippen molar-refractivity contribution in [3.63, 3.8) is 0 Å². The standard InChI is InChI=1S/C19H19N3O/c1-14-4-2-3-5-16(14)15-6-7-17-18(12-15)21-19(13-20-17)22-8-10-23-11-9-22/h2-7,12-13H,8-11H2,1H3. The third-order valence-corrected chi connectivity index (χ3v) is 4.32. The Balaban J connectivity index is 1.76. The number of fused-ring (bicyclic) bond motifs is 1. The summed E-state index contributed by atoms with van der Waals surface area (Å²) in [7, 11) is 0. The van der Waals surface area contributed by atoms with Gasteiger partial charge in [-0.15, -0.1) is 0 Å². The summed E-state index contributed by atoms with van der Waals surface area (Å²) in [5, 5.41) is 0. The van der Waals surface area contributed by atoms with E-state index in [1.165, 1.54) is 16.7 Å². The van der Waals surface area contributed by atoms with E-state index in [9.17, 15) is 0 Å². The fourth-order valence-electron chi connectivity index (χ4n) is 3.01. The Hall–Kier alpha value is -2.46. The molecule has 4 heteroatoms. The normalized spacial score (nSPS) is 15.1. The number of nitrogens with zero attached hydrogens (tertiary/aromatic N) is 3. The molecule has 0 atom stereocenters. The minimum absolute atomic E-state index is 0.753. The Kier molecular flexibility index (Phi) is 3.67. The maximum Gasteiger partial charge on any atom is 0.148 e. The Morgan fingerprint density at radius 2 is 1.83 bits per heavy atom. The van der Waals surface area contributed by atoms with Crippen LogP contribution in [0.5, 0.6) is 0 Å². The maximum absolute atomic E-state index is 5.41. The molecular weight excluding hydrogens is 286 g/mol. The van der Waals surface area contributed by atoms with Gasteiger partial charge in [-0.25, -0.2) is 4.98 Å². The van der Waals surface area contributed by atoms with Crippen molar-refractivity contribution in [2.75, 3.05) is 31.2 Å². The Bertz CT molecular complexity index is 841. The SMILES string of the molecule is Cc1ccccc1-c1ccc2ncc(N3CCOCC3)nc2c1. The highest BCUT2D eigenvalue weighted by Gasteiger charge is 2.13. The zero-order chi connectivity index (χ0) is 15.6. The van der Waals surface area contributed by atoms with Gasteiger partial charge in [0.1, 0.15) is 5.82 Å². The third kappa shape index (κ3) is 2.78. The molecule has 116 valence electrons. The van der Waals surface area contributed by atoms with Gasteiger partial charge in [0.2, 0.25) is 0 Å². The zero-order valence-electron chi connectivity index (χ0n) is 13.2. The fraction of sp³-hybridized carbons (Fsp3) is 0.263. The summed E-state index contributed by atoms with van der Waals surface area (Å²) in [6.45, 7) is 5.39. The summed E-state index contributed by atoms with van der Waals surface area (Å²) >= 11 is 0. The topological polar surface area (TPSA) is 38.2 Å². The monoisotopic (exact) mass is 305 g/mol. The van der Waals surface area contributed by atoms with E-state index in [0.717, 1.165) is 43.2 Å². The van der Waals surface area contributed by atoms with Crippen molar-refractivity contribution in [3.8, 4) is 11.1 Å². The lowest BCUT2D eigenvalue weighted by Gasteiger charge is -2.27. The van der Waals surface area contributed by atoms with Crippen molar-refractivity contribution in [2.24, 2.45) is 0 Å². The number of ether oxygens (including phenoxy) is 1. The lowest BCUT2D eigenvalue weighted by atomic mass is 10.0. The van der Waals surface area contributed by atoms with Crippen LogP contribution in [0.1, 0.15) is 5.56 Å². The summed E-state index contributed by atoms with van der Waals surface area (Å²) < 4.78 is 5.41. The summed E-state index contributed by atoms with van der Waals surface area (Å²) in [6, 6.07) is 14.7. The molecule has 4 nitrogen and oxygen atoms in total. The molecule has 0 saturated carbocycles. The van der Waals surface area contributed by atoms with E-state index in [-0.39, 0.29) is 0 Å². The van der Waals surface area contributed by atoms with Gasteiger partial charge in [0.05, 0.1) is 30.4 Å². The number of benzene rings is 2. The number of morpholine rings is 1. The van der Waals surface area contributed by atoms with Crippen LogP contribution in [0.2, 0.25) is 0 Å². The second-order valence-corrected chi connectivity index (χ2v) is 5.85. The van der Waals surface area contributed by atoms with Crippen LogP contribution in [0.15, 0.2) is 48.7 Å². The summed E-state index contributed by atoms with van der Waals surface area (Å²) in [4.78, 5) is 11.6. The molecular formula is C19H19N3O. The fourth-order valence-corrected chi connectivity index (χ4v) is 3.01. The van der Waals surface area contributed by atoms with Gasteiger partial charge in [-0.1, -0.05) is 30.3 Å². The van der Waals surface area contributed by atoms with Gasteiger partial charge in [0.15, 0.2) is 0 Å². The van der Waals surface area contributed by atoms with Crippen LogP contribution in [0.25, 0.3) is 22.2 Å². The van der Waals surface area contributed by atoms with Crippen LogP contribution in [0.4, 0.5) is 5.82 Å². The molecule has 2 heterocycles. The number of hydrogen-bond acceptors (Lipinski definition) is 4. The minimum Gasteiger partial charge on any atom is -0.378 e. The number of anilines is 1. The molecule has 0 unspecified atom stereocenters. The molecule has 1 aromatic heterocycles. The highest BCUT2D eigenvalue weighted by atomic mass is 16.5. The molecule has 1 saturated heterocycles. The first-order valence-corrected chi connectivity index (χ1v) is 7.97. The molecule has 1 fully saturated rings. The van der Waals surface area contributed by atoms with Crippen molar-refractivity contribution in [1.29, 1.82) is 0 Å². The molecule has 4 rings (SSSR count). The van der Waals surface area contributed by atoms with E-state index >= 15 is 0 Å². The quantitative estimate of drug-likeness (QED) is 0.727. The number of hydrogen-bond donors (Lipinski definition) is 0. The van der Waals surface area contributed by atoms with Crippen molar-refractivity contribution >= 4 is 16.9 Å². The molecule has 0 N–H and O–H groups in total. The molecule has 0 amide bonds. The van der Waals surface area contributed by atoms with Crippen LogP contribution in [0.3, 0.4) is 0 Å². The molecule has 0 aliphatic carbocycles. The Morgan fingerprint density at radius 1 is 1.00 bits per heavy atom. The molecule has 3 aromatic rings. The largest absolute Gasteiger partial charge is 0.378 e. The molecule has 0 radical (unpaired) electrons. The number of aromatic nitrogens is 2. The highest BCUT2D eigenvalue weighted by molar-refractivity contribution is 5.83. The zero-order valence-corrected chi connectivity index (χ0v) is 13.2. The van der Waals surface area contributed by atoms with Crippen LogP contribution >= 0.6 is 0 Å². The Labute approximate surface area is 135 Å². The van der Waals surface area contributed by atoms with Crippen LogP contribution in [-0.2, 0) is 4.74 Å². The van der Waals surface area contributed by atoms with Gasteiger partial charge in [-0.05, 0) is 35.7 Å². The molecule has 2 aromatic carbocycles. The van der Waals surface area contributed by atoms with E-state index in [0.29, 0.717) is 0 Å². The van der Waals surface area contributed by atoms with Crippen LogP contribution in [0, 0.1) is 6.92 Å². The van der Waals surface area contributed by atoms with Crippen molar-refractivity contribution in [1.82, 2.24) is 9.97 Å². The first-order valence-electron chi connectivity index (χ1n) is 7.97. The van der Waals surface area contributed by atoms with Crippen LogP contribution in [-0.4, -0.2) is 36.3 Å². The average Bonchev–Trinajstić information content (AvgIpc) is 2.62. The third-order valence-electron chi connectivity index (χ3n) is 4.32. The molecule has 0 bridgehead atoms. The van der Waals surface area contributed by atoms with E-state index in [1.54, 1.807) is 0 Å². The van der Waals surface area contributed by atoms with Gasteiger partial charge in [0.25, 0.3) is 0 Å². The van der Waals surface area contributed by atoms with E-state index < -0.39 is 0 Å². The van der Waals surface area contributed by atoms with Gasteiger partial charge in [-0.2, -0.15) is 0 Å². The van der Waals surface area contributed by atoms with Crippen molar-refractivity contribution in [2.45, 2.75) is 6.92 Å². The second kappa shape index (κ2) is 5.97. The lowest BCUT2D eigenvalue weighted by Crippen LogP contribution is -2.36. The van der Waals surface area contributed by atoms with Gasteiger partial charge >= 0.3 is 0 Å². The molecule has 23 heavy (non-hydrogen) atoms. The summed E-state index contributed by atoms with van der Waals surface area (Å²) in [5.41, 5.74) is 5.57. The van der Waals surface area contributed by atoms with Gasteiger partial charge < -0.3 is 9.64 Å². The first kappa shape index (κ1) is 14.2. The predicted molar refractivity (Wildman–Crippen MR) is 92.7 cm³/mol. The molecule has 1 aliphatic heterocycles. The van der Waals surface area contributed by atoms with Gasteiger partial charge in [0, 0.05) is 13.1 Å². The van der Waals surface area contributed by atoms with Crippen molar-refractivity contribution < 1.29 is 4.74 Å². The maximum atomic E-state index is 5.41. The average molecular weight is 305 g/mol. The van der Waals surface area contributed by atoms with E-state index in [1.807, 2.05) is 12.3 Å². The second-order valence-electron chi connectivity index (χ2n) is 5.85. The molecule has 1 aliphatic rings. The van der Waals surface area contributed by atoms with Crippen LogP contribution < -0.4 is 4.90 Å². The predicted octanol–water partition coefficient (Wildman–Crippen LogP) is 3.44. The first-order chi connectivity index (χ1) is 11.3. The number of aryl methyl sites for hydroxylation is 1. The van der Waals surface area contributed by atoms with Crippen molar-refractivity contribution in [3.05, 3.63) is 54.2 Å². The smallest absolute Gasteiger partial charge is 0.148 e. The minimum atomic E-state index is 0.753. The van der Waals surface area contributed by atoms with E-state index in [4.69, 9.17) is 9.72 Å². The molecule has 0 spiro atoms. The summed E-state index contributed by atoms with van der Waals surface area (Å²) in [6.07, 6.45) is 1.86. The Morgan fingerprint density at radius 3 is 2.65 bits per heavy atom. The number of rotatable bonds is 2. The van der Waals surface area contributed by atoms with E-state index in [2.05, 4.69) is 53.2 Å². The highest BCUT2D eigenvalue weighted by Crippen LogP contribution is 2.26.